The van der Waals surface area contributed by atoms with Crippen LogP contribution in [0.25, 0.3) is 0 Å². The van der Waals surface area contributed by atoms with Crippen LogP contribution in [0, 0.1) is 20.8 Å². The Bertz CT molecular complexity index is 2310. The second-order valence-electron chi connectivity index (χ2n) is 15.5. The summed E-state index contributed by atoms with van der Waals surface area (Å²) in [4.78, 5) is 52.1. The molecule has 2 saturated heterocycles. The van der Waals surface area contributed by atoms with E-state index in [1.54, 1.807) is 27.3 Å². The fraction of sp³-hybridized carbons (Fsp3) is 0.333. The zero-order chi connectivity index (χ0) is 42.4. The minimum absolute atomic E-state index is 0.272. The van der Waals surface area contributed by atoms with Gasteiger partial charge in [0.15, 0.2) is 0 Å². The van der Waals surface area contributed by atoms with Crippen molar-refractivity contribution in [2.75, 3.05) is 58.9 Å². The van der Waals surface area contributed by atoms with Crippen molar-refractivity contribution in [3.63, 3.8) is 0 Å². The van der Waals surface area contributed by atoms with Crippen LogP contribution < -0.4 is 9.47 Å². The first-order chi connectivity index (χ1) is 29.8. The van der Waals surface area contributed by atoms with Crippen LogP contribution in [-0.2, 0) is 25.8 Å². The number of benzene rings is 2. The molecule has 2 aromatic carbocycles. The largest absolute Gasteiger partial charge is 0.415 e. The number of aromatic nitrogens is 4. The highest BCUT2D eigenvalue weighted by Crippen LogP contribution is 2.20. The Balaban J connectivity index is 0.000000184. The molecule has 0 spiro atoms. The second-order valence-corrected chi connectivity index (χ2v) is 16.4. The Morgan fingerprint density at radius 1 is 0.590 bits per heavy atom. The van der Waals surface area contributed by atoms with Crippen molar-refractivity contribution >= 4 is 23.5 Å². The molecule has 2 amide bonds. The standard InChI is InChI=1S/C24H28N4O2S.C24H26N4O2/c1-18-4-3-10-25-22(18)16-20-5-7-21(8-6-20)30-24(29)28-14-12-27(13-15-28)11-9-23-19(2)26-17-31-23;1-19-4-2-11-26-23(19)16-20-6-8-22(9-7-20)30-24(29)28-14-12-27(13-15-28)18-21-5-3-10-25-17-21/h3-8,10,17H,9,11-16H2,1-2H3;2-11,17H,12-16,18H2,1H3. The monoisotopic (exact) mass is 838 g/mol. The summed E-state index contributed by atoms with van der Waals surface area (Å²) >= 11 is 1.72. The first-order valence-electron chi connectivity index (χ1n) is 20.9. The second kappa shape index (κ2) is 21.5. The first-order valence-corrected chi connectivity index (χ1v) is 21.8. The fourth-order valence-electron chi connectivity index (χ4n) is 7.29. The van der Waals surface area contributed by atoms with Gasteiger partial charge in [0.1, 0.15) is 11.5 Å². The quantitative estimate of drug-likeness (QED) is 0.128. The highest BCUT2D eigenvalue weighted by atomic mass is 32.1. The van der Waals surface area contributed by atoms with Gasteiger partial charge < -0.3 is 19.3 Å². The maximum Gasteiger partial charge on any atom is 0.415 e. The van der Waals surface area contributed by atoms with Gasteiger partial charge in [-0.05, 0) is 97.5 Å². The lowest BCUT2D eigenvalue weighted by atomic mass is 10.1. The van der Waals surface area contributed by atoms with Gasteiger partial charge in [0.05, 0.1) is 11.2 Å². The molecule has 0 bridgehead atoms. The van der Waals surface area contributed by atoms with Gasteiger partial charge in [0.2, 0.25) is 0 Å². The predicted molar refractivity (Wildman–Crippen MR) is 238 cm³/mol. The lowest BCUT2D eigenvalue weighted by Gasteiger charge is -2.33. The van der Waals surface area contributed by atoms with Gasteiger partial charge in [-0.1, -0.05) is 42.5 Å². The molecule has 6 heterocycles. The van der Waals surface area contributed by atoms with Gasteiger partial charge in [-0.2, -0.15) is 0 Å². The number of nitrogens with zero attached hydrogens (tertiary/aromatic N) is 8. The average Bonchev–Trinajstić information content (AvgIpc) is 3.71. The fourth-order valence-corrected chi connectivity index (χ4v) is 8.06. The molecular weight excluding hydrogens is 785 g/mol. The third-order valence-corrected chi connectivity index (χ3v) is 12.1. The van der Waals surface area contributed by atoms with E-state index < -0.39 is 0 Å². The Kier molecular flexibility index (Phi) is 15.2. The van der Waals surface area contributed by atoms with Crippen LogP contribution in [0.15, 0.2) is 115 Å². The van der Waals surface area contributed by atoms with Crippen LogP contribution in [0.3, 0.4) is 0 Å². The Morgan fingerprint density at radius 3 is 1.56 bits per heavy atom. The number of ether oxygens (including phenoxy) is 2. The molecule has 0 atom stereocenters. The lowest BCUT2D eigenvalue weighted by Crippen LogP contribution is -2.49. The van der Waals surface area contributed by atoms with Crippen molar-refractivity contribution < 1.29 is 19.1 Å². The van der Waals surface area contributed by atoms with Gasteiger partial charge in [-0.3, -0.25) is 24.8 Å². The summed E-state index contributed by atoms with van der Waals surface area (Å²) in [5, 5.41) is 0. The lowest BCUT2D eigenvalue weighted by molar-refractivity contribution is 0.108. The molecule has 0 unspecified atom stereocenters. The van der Waals surface area contributed by atoms with Crippen LogP contribution in [0.1, 0.15) is 49.8 Å². The van der Waals surface area contributed by atoms with Crippen LogP contribution >= 0.6 is 11.3 Å². The Labute approximate surface area is 362 Å². The maximum atomic E-state index is 12.6. The van der Waals surface area contributed by atoms with E-state index in [9.17, 15) is 9.59 Å². The summed E-state index contributed by atoms with van der Waals surface area (Å²) in [7, 11) is 0. The number of hydrogen-bond acceptors (Lipinski definition) is 11. The summed E-state index contributed by atoms with van der Waals surface area (Å²) in [5.41, 5.74) is 11.0. The molecule has 61 heavy (non-hydrogen) atoms. The number of aryl methyl sites for hydroxylation is 3. The summed E-state index contributed by atoms with van der Waals surface area (Å²) in [6.45, 7) is 14.2. The molecule has 6 aromatic rings. The average molecular weight is 839 g/mol. The molecule has 4 aromatic heterocycles. The third kappa shape index (κ3) is 12.7. The molecule has 316 valence electrons. The molecule has 0 N–H and O–H groups in total. The van der Waals surface area contributed by atoms with E-state index in [2.05, 4.69) is 68.7 Å². The SMILES string of the molecule is Cc1cccnc1Cc1ccc(OC(=O)N2CCN(CCc3scnc3C)CC2)cc1.Cc1cccnc1Cc1ccc(OC(=O)N2CCN(Cc3cccnc3)CC2)cc1. The van der Waals surface area contributed by atoms with Crippen LogP contribution in [0.2, 0.25) is 0 Å². The first kappa shape index (κ1) is 43.1. The van der Waals surface area contributed by atoms with Crippen molar-refractivity contribution in [2.45, 2.75) is 46.6 Å². The van der Waals surface area contributed by atoms with Crippen molar-refractivity contribution in [2.24, 2.45) is 0 Å². The molecular formula is C48H54N8O4S. The van der Waals surface area contributed by atoms with Gasteiger partial charge in [0.25, 0.3) is 0 Å². The zero-order valence-corrected chi connectivity index (χ0v) is 36.1. The summed E-state index contributed by atoms with van der Waals surface area (Å²) in [5.74, 6) is 1.15. The minimum atomic E-state index is -0.288. The van der Waals surface area contributed by atoms with E-state index in [4.69, 9.17) is 9.47 Å². The minimum Gasteiger partial charge on any atom is -0.410 e. The van der Waals surface area contributed by atoms with E-state index in [1.165, 1.54) is 21.6 Å². The maximum absolute atomic E-state index is 12.6. The summed E-state index contributed by atoms with van der Waals surface area (Å²) in [6.07, 6.45) is 9.29. The number of carbonyl (C=O) groups is 2. The van der Waals surface area contributed by atoms with Crippen LogP contribution in [0.4, 0.5) is 9.59 Å². The topological polar surface area (TPSA) is 117 Å². The van der Waals surface area contributed by atoms with E-state index in [-0.39, 0.29) is 12.2 Å². The highest BCUT2D eigenvalue weighted by molar-refractivity contribution is 7.09. The van der Waals surface area contributed by atoms with Crippen molar-refractivity contribution in [3.05, 3.63) is 165 Å². The summed E-state index contributed by atoms with van der Waals surface area (Å²) < 4.78 is 11.2. The van der Waals surface area contributed by atoms with E-state index in [0.29, 0.717) is 37.7 Å². The Hall–Kier alpha value is -6.02. The number of piperazine rings is 2. The van der Waals surface area contributed by atoms with Crippen molar-refractivity contribution in [3.8, 4) is 11.5 Å². The number of thiazole rings is 1. The normalized spacial score (nSPS) is 14.5. The van der Waals surface area contributed by atoms with Crippen LogP contribution in [-0.4, -0.2) is 111 Å². The molecule has 0 aliphatic carbocycles. The number of rotatable bonds is 11. The van der Waals surface area contributed by atoms with Crippen LogP contribution in [0.5, 0.6) is 11.5 Å². The number of carbonyl (C=O) groups excluding carboxylic acids is 2. The zero-order valence-electron chi connectivity index (χ0n) is 35.3. The molecule has 0 radical (unpaired) electrons. The van der Waals surface area contributed by atoms with E-state index in [0.717, 1.165) is 86.7 Å². The number of pyridine rings is 3. The molecule has 13 heteroatoms. The molecule has 0 saturated carbocycles. The molecule has 8 rings (SSSR count). The smallest absolute Gasteiger partial charge is 0.410 e. The van der Waals surface area contributed by atoms with Crippen molar-refractivity contribution in [1.82, 2.24) is 39.5 Å². The number of hydrogen-bond donors (Lipinski definition) is 0. The van der Waals surface area contributed by atoms with Gasteiger partial charge in [0, 0.05) is 119 Å². The van der Waals surface area contributed by atoms with Crippen molar-refractivity contribution in [1.29, 1.82) is 0 Å². The Morgan fingerprint density at radius 2 is 1.10 bits per heavy atom. The molecule has 2 aliphatic rings. The molecule has 2 fully saturated rings. The van der Waals surface area contributed by atoms with Gasteiger partial charge in [-0.25, -0.2) is 14.6 Å². The van der Waals surface area contributed by atoms with Gasteiger partial charge >= 0.3 is 12.2 Å². The van der Waals surface area contributed by atoms with E-state index >= 15 is 0 Å². The predicted octanol–water partition coefficient (Wildman–Crippen LogP) is 7.80. The van der Waals surface area contributed by atoms with Gasteiger partial charge in [-0.15, -0.1) is 11.3 Å². The molecule has 12 nitrogen and oxygen atoms in total. The highest BCUT2D eigenvalue weighted by Gasteiger charge is 2.24. The molecule has 2 aliphatic heterocycles. The third-order valence-electron chi connectivity index (χ3n) is 11.1. The number of amides is 2. The van der Waals surface area contributed by atoms with E-state index in [1.807, 2.05) is 90.8 Å². The summed E-state index contributed by atoms with van der Waals surface area (Å²) in [6, 6.07) is 27.4.